The number of carbonyl (C=O) groups excluding carboxylic acids is 2. The van der Waals surface area contributed by atoms with Crippen LogP contribution in [0.1, 0.15) is 296 Å². The average molecular weight is 1250 g/mol. The van der Waals surface area contributed by atoms with E-state index in [0.717, 1.165) is 128 Å². The van der Waals surface area contributed by atoms with Crippen LogP contribution in [-0.4, -0.2) is 74.9 Å². The fraction of sp³-hybridized carbons (Fsp3) is 0.692. The zero-order chi connectivity index (χ0) is 64.1. The third-order valence-electron chi connectivity index (χ3n) is 15.2. The standard InChI is InChI=1S/C78H134NO8P/c1-6-8-10-12-14-16-18-20-22-24-26-28-30-32-33-34-35-36-37-38-39-40-41-42-43-44-45-47-48-50-52-54-56-58-60-62-64-66-68-70-77(80)84-74-76(75-86-88(82,83)85-73-72-79(3,4)5)87-78(81)71-69-67-65-63-61-59-57-55-53-51-49-46-31-29-27-25-23-21-19-17-15-13-11-9-7-2/h8-11,14-17,20-23,26-29,32-33,46,49,53,55,76H,6-7,12-13,18-19,24-25,30-31,34-45,47-48,50-52,54,56-75H2,1-5H3/p+1/b10-8-,11-9-,16-14-,17-15-,22-20-,23-21-,28-26-,29-27-,33-32-,49-46-,55-53-. The Kier molecular flexibility index (Phi) is 64.6. The van der Waals surface area contributed by atoms with E-state index >= 15 is 0 Å². The van der Waals surface area contributed by atoms with Gasteiger partial charge in [0.25, 0.3) is 0 Å². The summed E-state index contributed by atoms with van der Waals surface area (Å²) in [4.78, 5) is 35.9. The molecule has 0 aromatic rings. The van der Waals surface area contributed by atoms with Crippen LogP contribution in [0.15, 0.2) is 134 Å². The maximum atomic E-state index is 12.9. The van der Waals surface area contributed by atoms with E-state index in [1.165, 1.54) is 135 Å². The van der Waals surface area contributed by atoms with Gasteiger partial charge in [-0.3, -0.25) is 18.6 Å². The molecular weight excluding hydrogens is 1110 g/mol. The van der Waals surface area contributed by atoms with E-state index < -0.39 is 26.5 Å². The third-order valence-corrected chi connectivity index (χ3v) is 16.2. The van der Waals surface area contributed by atoms with Gasteiger partial charge in [0, 0.05) is 12.8 Å². The zero-order valence-corrected chi connectivity index (χ0v) is 58.3. The van der Waals surface area contributed by atoms with Crippen LogP contribution in [0.2, 0.25) is 0 Å². The minimum atomic E-state index is -4.40. The molecule has 10 heteroatoms. The predicted molar refractivity (Wildman–Crippen MR) is 381 cm³/mol. The van der Waals surface area contributed by atoms with Gasteiger partial charge in [-0.15, -0.1) is 0 Å². The van der Waals surface area contributed by atoms with Gasteiger partial charge in [-0.2, -0.15) is 0 Å². The van der Waals surface area contributed by atoms with Crippen molar-refractivity contribution in [1.29, 1.82) is 0 Å². The summed E-state index contributed by atoms with van der Waals surface area (Å²) in [6, 6.07) is 0. The summed E-state index contributed by atoms with van der Waals surface area (Å²) < 4.78 is 34.7. The molecule has 0 saturated carbocycles. The van der Waals surface area contributed by atoms with Crippen molar-refractivity contribution in [1.82, 2.24) is 0 Å². The molecule has 504 valence electrons. The number of phosphoric acid groups is 1. The molecule has 1 N–H and O–H groups in total. The van der Waals surface area contributed by atoms with E-state index in [2.05, 4.69) is 148 Å². The number of phosphoric ester groups is 1. The molecule has 0 aliphatic rings. The number of rotatable bonds is 65. The number of allylic oxidation sites excluding steroid dienone is 22. The SMILES string of the molecule is CC/C=C\C/C=C\C/C=C\C/C=C\C/C=C\C/C=C\CCCCCCCCC(=O)OC(COC(=O)CCCCCCCCCCCCCCCCCCCCCCCCC/C=C\C/C=C\C/C=C\C/C=C\C/C=C\CC)COP(=O)(O)OCC[N+](C)(C)C. The molecule has 0 rings (SSSR count). The lowest BCUT2D eigenvalue weighted by molar-refractivity contribution is -0.870. The lowest BCUT2D eigenvalue weighted by Crippen LogP contribution is -2.37. The lowest BCUT2D eigenvalue weighted by atomic mass is 10.0. The normalized spacial score (nSPS) is 13.9. The van der Waals surface area contributed by atoms with Crippen LogP contribution >= 0.6 is 7.82 Å². The Morgan fingerprint density at radius 1 is 0.352 bits per heavy atom. The van der Waals surface area contributed by atoms with Gasteiger partial charge in [-0.25, -0.2) is 4.57 Å². The van der Waals surface area contributed by atoms with E-state index in [-0.39, 0.29) is 32.0 Å². The fourth-order valence-corrected chi connectivity index (χ4v) is 10.5. The first-order chi connectivity index (χ1) is 43.0. The second kappa shape index (κ2) is 67.5. The number of hydrogen-bond donors (Lipinski definition) is 1. The number of quaternary nitrogens is 1. The van der Waals surface area contributed by atoms with Gasteiger partial charge in [-0.1, -0.05) is 308 Å². The molecule has 0 aromatic carbocycles. The van der Waals surface area contributed by atoms with Crippen molar-refractivity contribution >= 4 is 19.8 Å². The number of unbranched alkanes of at least 4 members (excludes halogenated alkanes) is 29. The van der Waals surface area contributed by atoms with Crippen molar-refractivity contribution in [2.24, 2.45) is 0 Å². The molecule has 0 aliphatic heterocycles. The highest BCUT2D eigenvalue weighted by molar-refractivity contribution is 7.47. The quantitative estimate of drug-likeness (QED) is 0.0211. The molecular formula is C78H135NO8P+. The van der Waals surface area contributed by atoms with Crippen molar-refractivity contribution in [2.45, 2.75) is 302 Å². The minimum Gasteiger partial charge on any atom is -0.462 e. The number of ether oxygens (including phenoxy) is 2. The Morgan fingerprint density at radius 2 is 0.614 bits per heavy atom. The Morgan fingerprint density at radius 3 is 0.909 bits per heavy atom. The molecule has 0 radical (unpaired) electrons. The highest BCUT2D eigenvalue weighted by Gasteiger charge is 2.27. The molecule has 2 atom stereocenters. The topological polar surface area (TPSA) is 108 Å². The molecule has 0 bridgehead atoms. The molecule has 0 heterocycles. The first kappa shape index (κ1) is 84.2. The summed E-state index contributed by atoms with van der Waals surface area (Å²) in [5, 5.41) is 0. The lowest BCUT2D eigenvalue weighted by Gasteiger charge is -2.24. The van der Waals surface area contributed by atoms with Crippen molar-refractivity contribution in [3.05, 3.63) is 134 Å². The number of esters is 2. The van der Waals surface area contributed by atoms with Crippen LogP contribution < -0.4 is 0 Å². The van der Waals surface area contributed by atoms with Crippen LogP contribution in [0.4, 0.5) is 0 Å². The third kappa shape index (κ3) is 71.2. The molecule has 88 heavy (non-hydrogen) atoms. The maximum Gasteiger partial charge on any atom is 0.472 e. The van der Waals surface area contributed by atoms with Crippen LogP contribution in [-0.2, 0) is 32.7 Å². The first-order valence-corrected chi connectivity index (χ1v) is 37.4. The summed E-state index contributed by atoms with van der Waals surface area (Å²) in [7, 11) is 1.46. The van der Waals surface area contributed by atoms with Crippen LogP contribution in [0, 0.1) is 0 Å². The van der Waals surface area contributed by atoms with Gasteiger partial charge in [0.15, 0.2) is 6.10 Å². The van der Waals surface area contributed by atoms with E-state index in [0.29, 0.717) is 17.4 Å². The Bertz CT molecular complexity index is 1950. The maximum absolute atomic E-state index is 12.9. The summed E-state index contributed by atoms with van der Waals surface area (Å²) in [6.07, 6.45) is 98.5. The van der Waals surface area contributed by atoms with Gasteiger partial charge in [-0.05, 0) is 109 Å². The van der Waals surface area contributed by atoms with Gasteiger partial charge in [0.2, 0.25) is 0 Å². The highest BCUT2D eigenvalue weighted by atomic mass is 31.2. The number of hydrogen-bond acceptors (Lipinski definition) is 7. The first-order valence-electron chi connectivity index (χ1n) is 35.9. The molecule has 0 aliphatic carbocycles. The molecule has 0 aromatic heterocycles. The molecule has 0 saturated heterocycles. The predicted octanol–water partition coefficient (Wildman–Crippen LogP) is 23.6. The molecule has 2 unspecified atom stereocenters. The monoisotopic (exact) mass is 1240 g/mol. The summed E-state index contributed by atoms with van der Waals surface area (Å²) in [5.41, 5.74) is 0. The zero-order valence-electron chi connectivity index (χ0n) is 57.4. The molecule has 0 amide bonds. The van der Waals surface area contributed by atoms with E-state index in [1.54, 1.807) is 0 Å². The Balaban J connectivity index is 4.00. The molecule has 0 fully saturated rings. The van der Waals surface area contributed by atoms with Gasteiger partial charge in [0.1, 0.15) is 19.8 Å². The molecule has 0 spiro atoms. The number of nitrogens with zero attached hydrogens (tertiary/aromatic N) is 1. The van der Waals surface area contributed by atoms with Gasteiger partial charge >= 0.3 is 19.8 Å². The molecule has 9 nitrogen and oxygen atoms in total. The van der Waals surface area contributed by atoms with Crippen LogP contribution in [0.25, 0.3) is 0 Å². The van der Waals surface area contributed by atoms with Crippen molar-refractivity contribution in [3.8, 4) is 0 Å². The Labute approximate surface area is 542 Å². The second-order valence-corrected chi connectivity index (χ2v) is 26.3. The minimum absolute atomic E-state index is 0.0238. The van der Waals surface area contributed by atoms with Crippen LogP contribution in [0.5, 0.6) is 0 Å². The van der Waals surface area contributed by atoms with E-state index in [9.17, 15) is 19.0 Å². The smallest absolute Gasteiger partial charge is 0.462 e. The van der Waals surface area contributed by atoms with Crippen LogP contribution in [0.3, 0.4) is 0 Å². The summed E-state index contributed by atoms with van der Waals surface area (Å²) in [6.45, 7) is 4.20. The average Bonchev–Trinajstić information content (AvgIpc) is 3.57. The van der Waals surface area contributed by atoms with Gasteiger partial charge < -0.3 is 18.9 Å². The second-order valence-electron chi connectivity index (χ2n) is 24.9. The summed E-state index contributed by atoms with van der Waals surface area (Å²) >= 11 is 0. The Hall–Kier alpha value is -3.85. The van der Waals surface area contributed by atoms with E-state index in [4.69, 9.17) is 18.5 Å². The van der Waals surface area contributed by atoms with Crippen molar-refractivity contribution < 1.29 is 42.1 Å². The van der Waals surface area contributed by atoms with Gasteiger partial charge in [0.05, 0.1) is 27.7 Å². The van der Waals surface area contributed by atoms with Crippen molar-refractivity contribution in [3.63, 3.8) is 0 Å². The largest absolute Gasteiger partial charge is 0.472 e. The number of carbonyl (C=O) groups is 2. The fourth-order valence-electron chi connectivity index (χ4n) is 9.75. The van der Waals surface area contributed by atoms with Crippen molar-refractivity contribution in [2.75, 3.05) is 47.5 Å². The number of likely N-dealkylation sites (N-methyl/N-ethyl adjacent to an activating group) is 1. The summed E-state index contributed by atoms with van der Waals surface area (Å²) in [5.74, 6) is -0.811. The highest BCUT2D eigenvalue weighted by Crippen LogP contribution is 2.43. The van der Waals surface area contributed by atoms with E-state index in [1.807, 2.05) is 21.1 Å².